The zero-order valence-corrected chi connectivity index (χ0v) is 17.8. The highest BCUT2D eigenvalue weighted by Crippen LogP contribution is 2.31. The Labute approximate surface area is 187 Å². The number of hydrogen-bond acceptors (Lipinski definition) is 7. The number of carbonyl (C=O) groups is 2. The number of ketones is 1. The van der Waals surface area contributed by atoms with Crippen LogP contribution in [0, 0.1) is 0 Å². The molecule has 2 aliphatic rings. The van der Waals surface area contributed by atoms with Gasteiger partial charge in [-0.15, -0.1) is 0 Å². The van der Waals surface area contributed by atoms with Crippen LogP contribution in [-0.4, -0.2) is 47.1 Å². The van der Waals surface area contributed by atoms with Crippen LogP contribution in [0.15, 0.2) is 61.3 Å². The molecular weight excluding hydrogens is 410 g/mol. The summed E-state index contributed by atoms with van der Waals surface area (Å²) in [6.45, 7) is 1.11. The molecule has 8 heteroatoms. The fourth-order valence-corrected chi connectivity index (χ4v) is 3.87. The summed E-state index contributed by atoms with van der Waals surface area (Å²) in [6, 6.07) is 10.6. The van der Waals surface area contributed by atoms with Gasteiger partial charge in [0.05, 0.1) is 19.1 Å². The molecule has 2 aromatic rings. The van der Waals surface area contributed by atoms with Gasteiger partial charge < -0.3 is 24.8 Å². The first-order valence-corrected chi connectivity index (χ1v) is 10.8. The summed E-state index contributed by atoms with van der Waals surface area (Å²) in [5.74, 6) is -0.564. The molecule has 32 heavy (non-hydrogen) atoms. The zero-order valence-electron chi connectivity index (χ0n) is 17.8. The molecule has 2 aliphatic heterocycles. The number of pyridine rings is 1. The minimum atomic E-state index is -0.585. The Morgan fingerprint density at radius 1 is 1.19 bits per heavy atom. The molecule has 3 heterocycles. The summed E-state index contributed by atoms with van der Waals surface area (Å²) in [5.41, 5.74) is 7.38. The number of hydrogen-bond donors (Lipinski definition) is 1. The van der Waals surface area contributed by atoms with Gasteiger partial charge in [-0.3, -0.25) is 14.6 Å². The molecule has 3 atom stereocenters. The van der Waals surface area contributed by atoms with Gasteiger partial charge >= 0.3 is 0 Å². The Balaban J connectivity index is 1.45. The standard InChI is InChI=1S/C24H27N3O5/c25-21(28)14-22(32-16-20-5-1-2-12-30-20)27-11-13-31-24(27)18-8-6-17(7-9-18)23(29)19-4-3-10-26-15-19/h3-4,6-11,13,15,20,22,24H,1-2,5,12,14,16H2,(H2,25,28). The molecule has 0 bridgehead atoms. The SMILES string of the molecule is NC(=O)CC(OCC1CCCCO1)N1C=COC1c1ccc(C(=O)c2cccnc2)cc1. The molecular formula is C24H27N3O5. The first-order valence-electron chi connectivity index (χ1n) is 10.8. The summed E-state index contributed by atoms with van der Waals surface area (Å²) < 4.78 is 17.6. The van der Waals surface area contributed by atoms with E-state index < -0.39 is 18.4 Å². The van der Waals surface area contributed by atoms with Gasteiger partial charge in [0.25, 0.3) is 0 Å². The van der Waals surface area contributed by atoms with Crippen molar-refractivity contribution in [3.63, 3.8) is 0 Å². The van der Waals surface area contributed by atoms with Crippen LogP contribution in [0.1, 0.15) is 53.4 Å². The Bertz CT molecular complexity index is 942. The van der Waals surface area contributed by atoms with Crippen LogP contribution >= 0.6 is 0 Å². The maximum atomic E-state index is 12.6. The lowest BCUT2D eigenvalue weighted by atomic mass is 10.0. The minimum absolute atomic E-state index is 0.0165. The van der Waals surface area contributed by atoms with Gasteiger partial charge in [0.1, 0.15) is 12.5 Å². The quantitative estimate of drug-likeness (QED) is 0.602. The van der Waals surface area contributed by atoms with Crippen LogP contribution in [0.2, 0.25) is 0 Å². The van der Waals surface area contributed by atoms with Gasteiger partial charge in [0.15, 0.2) is 12.0 Å². The maximum absolute atomic E-state index is 12.6. The average molecular weight is 437 g/mol. The van der Waals surface area contributed by atoms with Crippen molar-refractivity contribution in [2.24, 2.45) is 5.73 Å². The molecule has 8 nitrogen and oxygen atoms in total. The number of ether oxygens (including phenoxy) is 3. The molecule has 0 aliphatic carbocycles. The van der Waals surface area contributed by atoms with E-state index in [1.165, 1.54) is 0 Å². The Morgan fingerprint density at radius 2 is 2.03 bits per heavy atom. The number of nitrogens with two attached hydrogens (primary N) is 1. The number of carbonyl (C=O) groups excluding carboxylic acids is 2. The van der Waals surface area contributed by atoms with E-state index >= 15 is 0 Å². The second kappa shape index (κ2) is 10.4. The van der Waals surface area contributed by atoms with Gasteiger partial charge in [-0.2, -0.15) is 0 Å². The first-order chi connectivity index (χ1) is 15.6. The Kier molecular flexibility index (Phi) is 7.14. The van der Waals surface area contributed by atoms with Crippen LogP contribution in [0.25, 0.3) is 0 Å². The molecule has 1 aromatic carbocycles. The van der Waals surface area contributed by atoms with Gasteiger partial charge in [-0.25, -0.2) is 0 Å². The zero-order chi connectivity index (χ0) is 22.3. The van der Waals surface area contributed by atoms with E-state index in [4.69, 9.17) is 19.9 Å². The van der Waals surface area contributed by atoms with Gasteiger partial charge in [-0.1, -0.05) is 24.3 Å². The van der Waals surface area contributed by atoms with E-state index in [9.17, 15) is 9.59 Å². The summed E-state index contributed by atoms with van der Waals surface area (Å²) in [7, 11) is 0. The van der Waals surface area contributed by atoms with Crippen molar-refractivity contribution in [3.8, 4) is 0 Å². The second-order valence-electron chi connectivity index (χ2n) is 7.86. The second-order valence-corrected chi connectivity index (χ2v) is 7.86. The van der Waals surface area contributed by atoms with E-state index in [-0.39, 0.29) is 18.3 Å². The van der Waals surface area contributed by atoms with E-state index in [1.54, 1.807) is 49.1 Å². The van der Waals surface area contributed by atoms with Crippen molar-refractivity contribution in [2.75, 3.05) is 13.2 Å². The molecule has 4 rings (SSSR count). The van der Waals surface area contributed by atoms with E-state index in [0.717, 1.165) is 31.4 Å². The monoisotopic (exact) mass is 437 g/mol. The highest BCUT2D eigenvalue weighted by atomic mass is 16.6. The molecule has 3 unspecified atom stereocenters. The highest BCUT2D eigenvalue weighted by Gasteiger charge is 2.32. The molecule has 1 amide bonds. The van der Waals surface area contributed by atoms with Gasteiger partial charge in [0, 0.05) is 41.9 Å². The number of rotatable bonds is 9. The van der Waals surface area contributed by atoms with Crippen LogP contribution < -0.4 is 5.73 Å². The fraction of sp³-hybridized carbons (Fsp3) is 0.375. The van der Waals surface area contributed by atoms with E-state index in [2.05, 4.69) is 4.98 Å². The maximum Gasteiger partial charge on any atom is 0.221 e. The van der Waals surface area contributed by atoms with Crippen LogP contribution in [0.4, 0.5) is 0 Å². The summed E-state index contributed by atoms with van der Waals surface area (Å²) >= 11 is 0. The first kappa shape index (κ1) is 22.0. The molecule has 2 N–H and O–H groups in total. The van der Waals surface area contributed by atoms with E-state index in [1.807, 2.05) is 17.0 Å². The lowest BCUT2D eigenvalue weighted by molar-refractivity contribution is -0.142. The number of nitrogens with zero attached hydrogens (tertiary/aromatic N) is 2. The molecule has 168 valence electrons. The Morgan fingerprint density at radius 3 is 2.72 bits per heavy atom. The number of primary amides is 1. The van der Waals surface area contributed by atoms with Crippen molar-refractivity contribution < 1.29 is 23.8 Å². The normalized spacial score (nSPS) is 21.2. The fourth-order valence-electron chi connectivity index (χ4n) is 3.87. The van der Waals surface area contributed by atoms with Crippen molar-refractivity contribution in [1.82, 2.24) is 9.88 Å². The van der Waals surface area contributed by atoms with E-state index in [0.29, 0.717) is 17.7 Å². The van der Waals surface area contributed by atoms with Crippen LogP contribution in [0.5, 0.6) is 0 Å². The number of aromatic nitrogens is 1. The van der Waals surface area contributed by atoms with Crippen LogP contribution in [0.3, 0.4) is 0 Å². The van der Waals surface area contributed by atoms with Crippen molar-refractivity contribution in [3.05, 3.63) is 77.9 Å². The highest BCUT2D eigenvalue weighted by molar-refractivity contribution is 6.08. The summed E-state index contributed by atoms with van der Waals surface area (Å²) in [6.07, 6.45) is 8.55. The lowest BCUT2D eigenvalue weighted by Crippen LogP contribution is -2.40. The number of benzene rings is 1. The predicted molar refractivity (Wildman–Crippen MR) is 116 cm³/mol. The van der Waals surface area contributed by atoms with Crippen molar-refractivity contribution >= 4 is 11.7 Å². The van der Waals surface area contributed by atoms with Crippen molar-refractivity contribution in [1.29, 1.82) is 0 Å². The third-order valence-corrected chi connectivity index (χ3v) is 5.55. The third-order valence-electron chi connectivity index (χ3n) is 5.55. The summed E-state index contributed by atoms with van der Waals surface area (Å²) in [4.78, 5) is 30.1. The van der Waals surface area contributed by atoms with Crippen molar-refractivity contribution in [2.45, 2.75) is 44.2 Å². The predicted octanol–water partition coefficient (Wildman–Crippen LogP) is 2.90. The molecule has 1 aromatic heterocycles. The van der Waals surface area contributed by atoms with Gasteiger partial charge in [0.2, 0.25) is 5.91 Å². The molecule has 1 saturated heterocycles. The van der Waals surface area contributed by atoms with Crippen LogP contribution in [-0.2, 0) is 19.0 Å². The van der Waals surface area contributed by atoms with Gasteiger partial charge in [-0.05, 0) is 31.4 Å². The largest absolute Gasteiger partial charge is 0.472 e. The molecule has 0 spiro atoms. The number of amides is 1. The molecule has 0 saturated carbocycles. The minimum Gasteiger partial charge on any atom is -0.472 e. The summed E-state index contributed by atoms with van der Waals surface area (Å²) in [5, 5.41) is 0. The third kappa shape index (κ3) is 5.33. The molecule has 0 radical (unpaired) electrons. The Hall–Kier alpha value is -3.23. The topological polar surface area (TPSA) is 104 Å². The average Bonchev–Trinajstić information content (AvgIpc) is 3.32. The smallest absolute Gasteiger partial charge is 0.221 e. The lowest BCUT2D eigenvalue weighted by Gasteiger charge is -2.33. The molecule has 1 fully saturated rings.